The fourth-order valence-corrected chi connectivity index (χ4v) is 5.26. The average molecular weight is 453 g/mol. The SMILES string of the molecule is CC1(C)CCC(CCc2ccc(-c3cccc(C(=O)CCCCc4ccccc4)c3)cc2)CC1. The van der Waals surface area contributed by atoms with E-state index in [9.17, 15) is 4.79 Å². The van der Waals surface area contributed by atoms with E-state index in [0.29, 0.717) is 11.8 Å². The van der Waals surface area contributed by atoms with Crippen molar-refractivity contribution in [1.29, 1.82) is 0 Å². The Morgan fingerprint density at radius 2 is 1.47 bits per heavy atom. The molecule has 0 radical (unpaired) electrons. The molecular weight excluding hydrogens is 412 g/mol. The average Bonchev–Trinajstić information content (AvgIpc) is 2.87. The summed E-state index contributed by atoms with van der Waals surface area (Å²) < 4.78 is 0. The molecule has 1 saturated carbocycles. The highest BCUT2D eigenvalue weighted by molar-refractivity contribution is 5.97. The summed E-state index contributed by atoms with van der Waals surface area (Å²) in [6.07, 6.45) is 11.7. The van der Waals surface area contributed by atoms with Crippen LogP contribution in [-0.4, -0.2) is 5.78 Å². The summed E-state index contributed by atoms with van der Waals surface area (Å²) in [4.78, 5) is 12.8. The van der Waals surface area contributed by atoms with Gasteiger partial charge in [-0.2, -0.15) is 0 Å². The molecule has 34 heavy (non-hydrogen) atoms. The number of hydrogen-bond acceptors (Lipinski definition) is 1. The summed E-state index contributed by atoms with van der Waals surface area (Å²) in [6.45, 7) is 4.83. The van der Waals surface area contributed by atoms with Crippen molar-refractivity contribution >= 4 is 5.78 Å². The number of rotatable bonds is 10. The molecular formula is C33H40O. The highest BCUT2D eigenvalue weighted by atomic mass is 16.1. The summed E-state index contributed by atoms with van der Waals surface area (Å²) in [5.41, 5.74) is 6.50. The van der Waals surface area contributed by atoms with Crippen LogP contribution < -0.4 is 0 Å². The molecule has 3 aromatic rings. The van der Waals surface area contributed by atoms with Crippen molar-refractivity contribution in [3.8, 4) is 11.1 Å². The van der Waals surface area contributed by atoms with Crippen LogP contribution in [0.15, 0.2) is 78.9 Å². The van der Waals surface area contributed by atoms with Crippen LogP contribution in [0.5, 0.6) is 0 Å². The van der Waals surface area contributed by atoms with Crippen molar-refractivity contribution in [2.45, 2.75) is 78.1 Å². The highest BCUT2D eigenvalue weighted by Gasteiger charge is 2.26. The van der Waals surface area contributed by atoms with Gasteiger partial charge in [0, 0.05) is 12.0 Å². The molecule has 0 spiro atoms. The van der Waals surface area contributed by atoms with Crippen LogP contribution in [0.25, 0.3) is 11.1 Å². The van der Waals surface area contributed by atoms with Crippen molar-refractivity contribution in [1.82, 2.24) is 0 Å². The number of aryl methyl sites for hydroxylation is 2. The quantitative estimate of drug-likeness (QED) is 0.221. The zero-order valence-corrected chi connectivity index (χ0v) is 21.1. The van der Waals surface area contributed by atoms with Crippen molar-refractivity contribution in [3.05, 3.63) is 95.6 Å². The number of hydrogen-bond donors (Lipinski definition) is 0. The van der Waals surface area contributed by atoms with Gasteiger partial charge in [0.05, 0.1) is 0 Å². The maximum atomic E-state index is 12.8. The number of unbranched alkanes of at least 4 members (excludes halogenated alkanes) is 1. The maximum Gasteiger partial charge on any atom is 0.162 e. The lowest BCUT2D eigenvalue weighted by atomic mass is 9.72. The Kier molecular flexibility index (Phi) is 8.38. The molecule has 1 nitrogen and oxygen atoms in total. The van der Waals surface area contributed by atoms with Crippen LogP contribution in [-0.2, 0) is 12.8 Å². The van der Waals surface area contributed by atoms with E-state index >= 15 is 0 Å². The first-order valence-corrected chi connectivity index (χ1v) is 13.3. The van der Waals surface area contributed by atoms with Gasteiger partial charge in [0.2, 0.25) is 0 Å². The predicted octanol–water partition coefficient (Wildman–Crippen LogP) is 9.10. The second-order valence-electron chi connectivity index (χ2n) is 11.0. The Balaban J connectivity index is 1.26. The molecule has 1 fully saturated rings. The minimum atomic E-state index is 0.252. The first-order valence-electron chi connectivity index (χ1n) is 13.3. The Morgan fingerprint density at radius 1 is 0.765 bits per heavy atom. The van der Waals surface area contributed by atoms with Crippen molar-refractivity contribution in [2.75, 3.05) is 0 Å². The van der Waals surface area contributed by atoms with Gasteiger partial charge >= 0.3 is 0 Å². The van der Waals surface area contributed by atoms with Crippen LogP contribution in [0.4, 0.5) is 0 Å². The van der Waals surface area contributed by atoms with Gasteiger partial charge in [-0.25, -0.2) is 0 Å². The van der Waals surface area contributed by atoms with Gasteiger partial charge in [-0.3, -0.25) is 4.79 Å². The van der Waals surface area contributed by atoms with Crippen LogP contribution >= 0.6 is 0 Å². The lowest BCUT2D eigenvalue weighted by molar-refractivity contribution is 0.0979. The van der Waals surface area contributed by atoms with Crippen molar-refractivity contribution < 1.29 is 4.79 Å². The smallest absolute Gasteiger partial charge is 0.162 e. The van der Waals surface area contributed by atoms with Gasteiger partial charge in [0.15, 0.2) is 5.78 Å². The normalized spacial score (nSPS) is 15.8. The van der Waals surface area contributed by atoms with Crippen LogP contribution in [0.1, 0.15) is 86.7 Å². The van der Waals surface area contributed by atoms with Gasteiger partial charge in [-0.05, 0) is 97.4 Å². The highest BCUT2D eigenvalue weighted by Crippen LogP contribution is 2.39. The molecule has 1 aliphatic carbocycles. The van der Waals surface area contributed by atoms with E-state index in [1.54, 1.807) is 0 Å². The Bertz CT molecular complexity index is 1040. The van der Waals surface area contributed by atoms with E-state index in [4.69, 9.17) is 0 Å². The van der Waals surface area contributed by atoms with Gasteiger partial charge in [0.25, 0.3) is 0 Å². The second kappa shape index (κ2) is 11.6. The third-order valence-corrected chi connectivity index (χ3v) is 7.73. The standard InChI is InChI=1S/C33H40O/c1-33(2)23-21-28(22-24-33)16-15-27-17-19-29(20-18-27)30-12-8-13-31(25-30)32(34)14-7-6-11-26-9-4-3-5-10-26/h3-5,8-10,12-13,17-20,25,28H,6-7,11,14-16,21-24H2,1-2H3. The number of Topliss-reactive ketones (excluding diaryl/α,β-unsaturated/α-hetero) is 1. The van der Waals surface area contributed by atoms with Crippen molar-refractivity contribution in [3.63, 3.8) is 0 Å². The molecule has 0 aliphatic heterocycles. The van der Waals surface area contributed by atoms with Crippen molar-refractivity contribution in [2.24, 2.45) is 11.3 Å². The minimum Gasteiger partial charge on any atom is -0.294 e. The molecule has 0 bridgehead atoms. The monoisotopic (exact) mass is 452 g/mol. The number of benzene rings is 3. The van der Waals surface area contributed by atoms with Crippen LogP contribution in [0.3, 0.4) is 0 Å². The molecule has 0 atom stereocenters. The third kappa shape index (κ3) is 7.16. The number of carbonyl (C=O) groups is 1. The van der Waals surface area contributed by atoms with E-state index in [0.717, 1.165) is 36.3 Å². The Morgan fingerprint density at radius 3 is 2.21 bits per heavy atom. The molecule has 3 aromatic carbocycles. The number of ketones is 1. The van der Waals surface area contributed by atoms with Gasteiger partial charge in [0.1, 0.15) is 0 Å². The second-order valence-corrected chi connectivity index (χ2v) is 11.0. The van der Waals surface area contributed by atoms with Gasteiger partial charge in [-0.1, -0.05) is 86.6 Å². The fourth-order valence-electron chi connectivity index (χ4n) is 5.26. The lowest BCUT2D eigenvalue weighted by Crippen LogP contribution is -2.21. The predicted molar refractivity (Wildman–Crippen MR) is 144 cm³/mol. The first kappa shape index (κ1) is 24.5. The van der Waals surface area contributed by atoms with Crippen LogP contribution in [0.2, 0.25) is 0 Å². The first-order chi connectivity index (χ1) is 16.5. The van der Waals surface area contributed by atoms with Gasteiger partial charge in [-0.15, -0.1) is 0 Å². The summed E-state index contributed by atoms with van der Waals surface area (Å²) in [5, 5.41) is 0. The molecule has 0 N–H and O–H groups in total. The molecule has 0 saturated heterocycles. The summed E-state index contributed by atoms with van der Waals surface area (Å²) in [5.74, 6) is 1.14. The molecule has 0 aromatic heterocycles. The molecule has 4 rings (SSSR count). The molecule has 1 aliphatic rings. The Labute approximate surface area is 206 Å². The Hall–Kier alpha value is -2.67. The zero-order valence-electron chi connectivity index (χ0n) is 21.1. The summed E-state index contributed by atoms with van der Waals surface area (Å²) in [7, 11) is 0. The molecule has 0 unspecified atom stereocenters. The van der Waals surface area contributed by atoms with E-state index in [2.05, 4.69) is 74.5 Å². The molecule has 0 amide bonds. The molecule has 0 heterocycles. The number of carbonyl (C=O) groups excluding carboxylic acids is 1. The fraction of sp³-hybridized carbons (Fsp3) is 0.424. The van der Waals surface area contributed by atoms with E-state index < -0.39 is 0 Å². The molecule has 1 heteroatoms. The molecule has 178 valence electrons. The maximum absolute atomic E-state index is 12.8. The topological polar surface area (TPSA) is 17.1 Å². The zero-order chi connectivity index (χ0) is 23.8. The van der Waals surface area contributed by atoms with E-state index in [-0.39, 0.29) is 5.78 Å². The summed E-state index contributed by atoms with van der Waals surface area (Å²) in [6, 6.07) is 27.7. The lowest BCUT2D eigenvalue weighted by Gasteiger charge is -2.34. The third-order valence-electron chi connectivity index (χ3n) is 7.73. The summed E-state index contributed by atoms with van der Waals surface area (Å²) >= 11 is 0. The van der Waals surface area contributed by atoms with Crippen LogP contribution in [0, 0.1) is 11.3 Å². The minimum absolute atomic E-state index is 0.252. The van der Waals surface area contributed by atoms with E-state index in [1.807, 2.05) is 18.2 Å². The van der Waals surface area contributed by atoms with E-state index in [1.165, 1.54) is 55.2 Å². The largest absolute Gasteiger partial charge is 0.294 e. The van der Waals surface area contributed by atoms with Gasteiger partial charge < -0.3 is 0 Å².